The Morgan fingerprint density at radius 1 is 1.60 bits per heavy atom. The van der Waals surface area contributed by atoms with Crippen LogP contribution >= 0.6 is 11.3 Å². The number of rotatable bonds is 2. The number of nitrogens with one attached hydrogen (secondary N) is 1. The van der Waals surface area contributed by atoms with Crippen molar-refractivity contribution >= 4 is 21.2 Å². The van der Waals surface area contributed by atoms with Crippen LogP contribution in [0.1, 0.15) is 31.9 Å². The van der Waals surface area contributed by atoms with Crippen molar-refractivity contribution in [1.82, 2.24) is 5.32 Å². The van der Waals surface area contributed by atoms with Crippen LogP contribution in [0.3, 0.4) is 0 Å². The standard InChI is InChI=1S/C10H15NO2S2/c1-3-11-9-6-7(2)15(12,13)10-8(9)4-5-14-10/h4-5,7,9,11H,3,6H2,1-2H3/t7-,9+/m1/s1. The molecule has 2 atom stereocenters. The van der Waals surface area contributed by atoms with Gasteiger partial charge in [-0.15, -0.1) is 11.3 Å². The summed E-state index contributed by atoms with van der Waals surface area (Å²) in [6.07, 6.45) is 0.680. The van der Waals surface area contributed by atoms with Crippen LogP contribution in [0.15, 0.2) is 15.7 Å². The van der Waals surface area contributed by atoms with E-state index in [1.54, 1.807) is 6.92 Å². The Hall–Kier alpha value is -0.390. The molecule has 2 heterocycles. The van der Waals surface area contributed by atoms with Crippen molar-refractivity contribution < 1.29 is 8.42 Å². The maximum absolute atomic E-state index is 12.0. The van der Waals surface area contributed by atoms with Crippen molar-refractivity contribution in [3.63, 3.8) is 0 Å². The van der Waals surface area contributed by atoms with E-state index in [0.29, 0.717) is 10.6 Å². The van der Waals surface area contributed by atoms with Crippen molar-refractivity contribution in [1.29, 1.82) is 0 Å². The number of hydrogen-bond acceptors (Lipinski definition) is 4. The van der Waals surface area contributed by atoms with Gasteiger partial charge in [-0.2, -0.15) is 0 Å². The Bertz CT molecular complexity index is 450. The number of hydrogen-bond donors (Lipinski definition) is 1. The first-order valence-corrected chi connectivity index (χ1v) is 7.54. The van der Waals surface area contributed by atoms with Gasteiger partial charge in [0.15, 0.2) is 9.84 Å². The molecule has 84 valence electrons. The average molecular weight is 245 g/mol. The maximum Gasteiger partial charge on any atom is 0.190 e. The SMILES string of the molecule is CCN[C@H]1C[C@@H](C)S(=O)(=O)c2sccc21. The second kappa shape index (κ2) is 3.88. The van der Waals surface area contributed by atoms with Crippen molar-refractivity contribution in [2.75, 3.05) is 6.54 Å². The smallest absolute Gasteiger partial charge is 0.190 e. The van der Waals surface area contributed by atoms with E-state index in [1.807, 2.05) is 18.4 Å². The predicted molar refractivity (Wildman–Crippen MR) is 62.0 cm³/mol. The zero-order valence-corrected chi connectivity index (χ0v) is 10.5. The van der Waals surface area contributed by atoms with Crippen LogP contribution in [0.5, 0.6) is 0 Å². The summed E-state index contributed by atoms with van der Waals surface area (Å²) in [5, 5.41) is 4.93. The molecule has 0 bridgehead atoms. The van der Waals surface area contributed by atoms with Gasteiger partial charge in [0.25, 0.3) is 0 Å². The molecule has 3 nitrogen and oxygen atoms in total. The molecule has 0 aliphatic carbocycles. The third-order valence-corrected chi connectivity index (χ3v) is 6.55. The number of fused-ring (bicyclic) bond motifs is 1. The lowest BCUT2D eigenvalue weighted by Crippen LogP contribution is -2.33. The average Bonchev–Trinajstić information content (AvgIpc) is 2.64. The first kappa shape index (κ1) is 11.1. The van der Waals surface area contributed by atoms with Gasteiger partial charge < -0.3 is 5.32 Å². The van der Waals surface area contributed by atoms with Crippen LogP contribution in [-0.2, 0) is 9.84 Å². The second-order valence-electron chi connectivity index (χ2n) is 3.86. The molecule has 0 amide bonds. The lowest BCUT2D eigenvalue weighted by Gasteiger charge is -2.27. The summed E-state index contributed by atoms with van der Waals surface area (Å²) >= 11 is 1.34. The topological polar surface area (TPSA) is 46.2 Å². The fraction of sp³-hybridized carbons (Fsp3) is 0.600. The van der Waals surface area contributed by atoms with Crippen LogP contribution in [0.4, 0.5) is 0 Å². The molecule has 1 aliphatic rings. The van der Waals surface area contributed by atoms with Crippen molar-refractivity contribution in [2.24, 2.45) is 0 Å². The molecule has 15 heavy (non-hydrogen) atoms. The molecule has 1 N–H and O–H groups in total. The first-order valence-electron chi connectivity index (χ1n) is 5.12. The molecule has 0 saturated heterocycles. The van der Waals surface area contributed by atoms with Crippen LogP contribution in [0.2, 0.25) is 0 Å². The summed E-state index contributed by atoms with van der Waals surface area (Å²) in [5.74, 6) is 0. The molecule has 0 saturated carbocycles. The summed E-state index contributed by atoms with van der Waals surface area (Å²) in [6, 6.07) is 2.13. The summed E-state index contributed by atoms with van der Waals surface area (Å²) in [6.45, 7) is 4.70. The summed E-state index contributed by atoms with van der Waals surface area (Å²) in [7, 11) is -3.05. The molecule has 1 aromatic heterocycles. The molecular weight excluding hydrogens is 230 g/mol. The maximum atomic E-state index is 12.0. The van der Waals surface area contributed by atoms with Gasteiger partial charge in [-0.3, -0.25) is 0 Å². The Kier molecular flexibility index (Phi) is 2.87. The summed E-state index contributed by atoms with van der Waals surface area (Å²) < 4.78 is 24.6. The summed E-state index contributed by atoms with van der Waals surface area (Å²) in [4.78, 5) is 0. The molecule has 1 aromatic rings. The molecule has 1 aliphatic heterocycles. The van der Waals surface area contributed by atoms with Gasteiger partial charge in [-0.05, 0) is 36.9 Å². The van der Waals surface area contributed by atoms with E-state index >= 15 is 0 Å². The lowest BCUT2D eigenvalue weighted by atomic mass is 10.1. The third-order valence-electron chi connectivity index (χ3n) is 2.84. The lowest BCUT2D eigenvalue weighted by molar-refractivity contribution is 0.478. The molecule has 0 radical (unpaired) electrons. The molecule has 0 fully saturated rings. The molecule has 0 aromatic carbocycles. The molecular formula is C10H15NO2S2. The Morgan fingerprint density at radius 3 is 3.00 bits per heavy atom. The minimum absolute atomic E-state index is 0.203. The van der Waals surface area contributed by atoms with E-state index in [9.17, 15) is 8.42 Å². The number of thiophene rings is 1. The fourth-order valence-corrected chi connectivity index (χ4v) is 5.23. The Morgan fingerprint density at radius 2 is 2.33 bits per heavy atom. The van der Waals surface area contributed by atoms with E-state index in [-0.39, 0.29) is 11.3 Å². The van der Waals surface area contributed by atoms with Gasteiger partial charge in [0.05, 0.1) is 5.25 Å². The minimum Gasteiger partial charge on any atom is -0.310 e. The first-order chi connectivity index (χ1) is 7.07. The van der Waals surface area contributed by atoms with Gasteiger partial charge in [-0.1, -0.05) is 6.92 Å². The highest BCUT2D eigenvalue weighted by molar-refractivity contribution is 7.94. The van der Waals surface area contributed by atoms with Gasteiger partial charge in [0.2, 0.25) is 0 Å². The van der Waals surface area contributed by atoms with E-state index in [0.717, 1.165) is 12.1 Å². The van der Waals surface area contributed by atoms with E-state index < -0.39 is 9.84 Å². The Labute approximate surface area is 94.4 Å². The monoisotopic (exact) mass is 245 g/mol. The van der Waals surface area contributed by atoms with Gasteiger partial charge in [0.1, 0.15) is 4.21 Å². The van der Waals surface area contributed by atoms with Gasteiger partial charge in [-0.25, -0.2) is 8.42 Å². The Balaban J connectivity index is 2.48. The minimum atomic E-state index is -3.05. The van der Waals surface area contributed by atoms with Crippen molar-refractivity contribution in [3.8, 4) is 0 Å². The zero-order chi connectivity index (χ0) is 11.1. The highest BCUT2D eigenvalue weighted by atomic mass is 32.2. The normalized spacial score (nSPS) is 28.7. The zero-order valence-electron chi connectivity index (χ0n) is 8.86. The van der Waals surface area contributed by atoms with E-state index in [1.165, 1.54) is 11.3 Å². The summed E-state index contributed by atoms with van der Waals surface area (Å²) in [5.41, 5.74) is 0.958. The van der Waals surface area contributed by atoms with Crippen LogP contribution in [0, 0.1) is 0 Å². The molecule has 2 rings (SSSR count). The van der Waals surface area contributed by atoms with Gasteiger partial charge >= 0.3 is 0 Å². The molecule has 0 unspecified atom stereocenters. The quantitative estimate of drug-likeness (QED) is 0.866. The highest BCUT2D eigenvalue weighted by Crippen LogP contribution is 2.39. The second-order valence-corrected chi connectivity index (χ2v) is 7.34. The largest absolute Gasteiger partial charge is 0.310 e. The van der Waals surface area contributed by atoms with Crippen molar-refractivity contribution in [2.45, 2.75) is 35.8 Å². The third kappa shape index (κ3) is 1.73. The predicted octanol–water partition coefficient (Wildman–Crippen LogP) is 1.96. The van der Waals surface area contributed by atoms with Crippen molar-refractivity contribution in [3.05, 3.63) is 17.0 Å². The van der Waals surface area contributed by atoms with Gasteiger partial charge in [0, 0.05) is 6.04 Å². The molecule has 0 spiro atoms. The van der Waals surface area contributed by atoms with E-state index in [4.69, 9.17) is 0 Å². The van der Waals surface area contributed by atoms with Crippen LogP contribution in [-0.4, -0.2) is 20.2 Å². The molecule has 5 heteroatoms. The number of sulfone groups is 1. The van der Waals surface area contributed by atoms with Crippen LogP contribution < -0.4 is 5.32 Å². The van der Waals surface area contributed by atoms with Crippen LogP contribution in [0.25, 0.3) is 0 Å². The highest BCUT2D eigenvalue weighted by Gasteiger charge is 2.36. The van der Waals surface area contributed by atoms with E-state index in [2.05, 4.69) is 5.32 Å². The fourth-order valence-electron chi connectivity index (χ4n) is 2.00.